The van der Waals surface area contributed by atoms with E-state index in [4.69, 9.17) is 0 Å². The quantitative estimate of drug-likeness (QED) is 0.500. The van der Waals surface area contributed by atoms with Gasteiger partial charge in [-0.05, 0) is 43.5 Å². The minimum atomic E-state index is -3.59. The molecular weight excluding hydrogens is 389 g/mol. The van der Waals surface area contributed by atoms with Crippen molar-refractivity contribution in [3.8, 4) is 0 Å². The molecule has 2 aromatic heterocycles. The zero-order valence-electron chi connectivity index (χ0n) is 15.0. The molecule has 0 bridgehead atoms. The van der Waals surface area contributed by atoms with E-state index >= 15 is 0 Å². The van der Waals surface area contributed by atoms with Crippen molar-refractivity contribution >= 4 is 32.5 Å². The second-order valence-corrected chi connectivity index (χ2v) is 8.70. The molecule has 0 aliphatic rings. The lowest BCUT2D eigenvalue weighted by Crippen LogP contribution is -2.25. The summed E-state index contributed by atoms with van der Waals surface area (Å²) in [5, 5.41) is 3.28. The minimum Gasteiger partial charge on any atom is -0.355 e. The van der Waals surface area contributed by atoms with E-state index < -0.39 is 15.8 Å². The number of hydrogen-bond acceptors (Lipinski definition) is 6. The first-order valence-electron chi connectivity index (χ1n) is 8.76. The van der Waals surface area contributed by atoms with Gasteiger partial charge in [-0.2, -0.15) is 4.37 Å². The molecular formula is C17H22FN5O2S2. The maximum atomic E-state index is 13.1. The van der Waals surface area contributed by atoms with Gasteiger partial charge in [-0.3, -0.25) is 4.40 Å². The third-order valence-electron chi connectivity index (χ3n) is 4.15. The van der Waals surface area contributed by atoms with Crippen molar-refractivity contribution in [2.24, 2.45) is 0 Å². The summed E-state index contributed by atoms with van der Waals surface area (Å²) in [7, 11) is -3.59. The summed E-state index contributed by atoms with van der Waals surface area (Å²) in [5.41, 5.74) is 0.405. The second-order valence-electron chi connectivity index (χ2n) is 6.23. The van der Waals surface area contributed by atoms with Crippen LogP contribution in [0.3, 0.4) is 0 Å². The molecule has 146 valence electrons. The van der Waals surface area contributed by atoms with Crippen LogP contribution < -0.4 is 10.0 Å². The van der Waals surface area contributed by atoms with Gasteiger partial charge in [-0.15, -0.1) is 0 Å². The van der Waals surface area contributed by atoms with Gasteiger partial charge >= 0.3 is 0 Å². The normalized spacial score (nSPS) is 11.9. The minimum absolute atomic E-state index is 0.127. The second kappa shape index (κ2) is 8.77. The van der Waals surface area contributed by atoms with E-state index in [1.54, 1.807) is 13.1 Å². The van der Waals surface area contributed by atoms with Crippen molar-refractivity contribution in [1.82, 2.24) is 18.5 Å². The average molecular weight is 412 g/mol. The predicted octanol–water partition coefficient (Wildman–Crippen LogP) is 3.19. The van der Waals surface area contributed by atoms with Gasteiger partial charge in [0.25, 0.3) is 0 Å². The van der Waals surface area contributed by atoms with E-state index in [1.807, 2.05) is 10.6 Å². The van der Waals surface area contributed by atoms with Crippen LogP contribution in [0, 0.1) is 12.7 Å². The number of benzene rings is 1. The molecule has 0 aliphatic carbocycles. The van der Waals surface area contributed by atoms with Crippen molar-refractivity contribution in [2.45, 2.75) is 37.5 Å². The van der Waals surface area contributed by atoms with Crippen LogP contribution in [0.2, 0.25) is 0 Å². The number of nitrogens with zero attached hydrogens (tertiary/aromatic N) is 3. The number of hydrogen-bond donors (Lipinski definition) is 2. The van der Waals surface area contributed by atoms with Crippen LogP contribution in [0.15, 0.2) is 35.5 Å². The van der Waals surface area contributed by atoms with E-state index in [9.17, 15) is 12.8 Å². The Kier molecular flexibility index (Phi) is 6.40. The summed E-state index contributed by atoms with van der Waals surface area (Å²) in [5.74, 6) is 0.362. The van der Waals surface area contributed by atoms with Gasteiger partial charge in [-0.25, -0.2) is 22.5 Å². The van der Waals surface area contributed by atoms with Gasteiger partial charge in [0.15, 0.2) is 0 Å². The van der Waals surface area contributed by atoms with Gasteiger partial charge in [0.1, 0.15) is 5.82 Å². The smallest absolute Gasteiger partial charge is 0.240 e. The fourth-order valence-corrected chi connectivity index (χ4v) is 4.73. The molecule has 0 amide bonds. The van der Waals surface area contributed by atoms with Crippen LogP contribution >= 0.6 is 11.5 Å². The molecule has 2 heterocycles. The van der Waals surface area contributed by atoms with Gasteiger partial charge in [0.2, 0.25) is 20.9 Å². The van der Waals surface area contributed by atoms with Crippen molar-refractivity contribution in [1.29, 1.82) is 0 Å². The van der Waals surface area contributed by atoms with Crippen LogP contribution in [-0.4, -0.2) is 35.3 Å². The summed E-state index contributed by atoms with van der Waals surface area (Å²) in [6.07, 6.45) is 7.24. The van der Waals surface area contributed by atoms with Crippen LogP contribution in [0.5, 0.6) is 0 Å². The molecule has 0 radical (unpaired) electrons. The lowest BCUT2D eigenvalue weighted by atomic mass is 10.2. The fraction of sp³-hybridized carbons (Fsp3) is 0.412. The highest BCUT2D eigenvalue weighted by molar-refractivity contribution is 7.89. The highest BCUT2D eigenvalue weighted by Crippen LogP contribution is 2.16. The van der Waals surface area contributed by atoms with E-state index in [2.05, 4.69) is 19.4 Å². The van der Waals surface area contributed by atoms with Gasteiger partial charge in [-0.1, -0.05) is 12.8 Å². The summed E-state index contributed by atoms with van der Waals surface area (Å²) in [6, 6.07) is 3.68. The standard InChI is InChI=1S/C17H22FN5O2S2/c1-13-12-14(18)6-7-15(13)27(24,25)21-9-5-3-2-4-8-19-16-22-26-17-20-10-11-23(16)17/h6-7,10-12,21H,2-5,8-9H2,1H3,(H,19,22). The highest BCUT2D eigenvalue weighted by atomic mass is 32.2. The SMILES string of the molecule is Cc1cc(F)ccc1S(=O)(=O)NCCCCCCNc1nsc2nccn12. The van der Waals surface area contributed by atoms with Gasteiger partial charge < -0.3 is 5.32 Å². The third kappa shape index (κ3) is 5.02. The molecule has 1 aromatic carbocycles. The molecule has 0 saturated carbocycles. The Balaban J connectivity index is 1.33. The van der Waals surface area contributed by atoms with Crippen LogP contribution in [-0.2, 0) is 10.0 Å². The number of aromatic nitrogens is 3. The largest absolute Gasteiger partial charge is 0.355 e. The van der Waals surface area contributed by atoms with E-state index in [1.165, 1.54) is 23.7 Å². The number of unbranched alkanes of at least 4 members (excludes halogenated alkanes) is 3. The molecule has 2 N–H and O–H groups in total. The monoisotopic (exact) mass is 411 g/mol. The summed E-state index contributed by atoms with van der Waals surface area (Å²) < 4.78 is 46.4. The number of halogens is 1. The Bertz CT molecular complexity index is 1000. The Morgan fingerprint density at radius 3 is 2.74 bits per heavy atom. The number of anilines is 1. The number of sulfonamides is 1. The van der Waals surface area contributed by atoms with Crippen molar-refractivity contribution in [2.75, 3.05) is 18.4 Å². The van der Waals surface area contributed by atoms with Gasteiger partial charge in [0.05, 0.1) is 4.90 Å². The van der Waals surface area contributed by atoms with E-state index in [0.29, 0.717) is 12.1 Å². The molecule has 3 rings (SSSR count). The Labute approximate surface area is 161 Å². The van der Waals surface area contributed by atoms with Crippen LogP contribution in [0.1, 0.15) is 31.2 Å². The van der Waals surface area contributed by atoms with Crippen molar-refractivity contribution < 1.29 is 12.8 Å². The number of imidazole rings is 1. The Hall–Kier alpha value is -2.04. The molecule has 0 unspecified atom stereocenters. The molecule has 7 nitrogen and oxygen atoms in total. The first-order valence-corrected chi connectivity index (χ1v) is 11.0. The lowest BCUT2D eigenvalue weighted by molar-refractivity contribution is 0.571. The lowest BCUT2D eigenvalue weighted by Gasteiger charge is -2.09. The van der Waals surface area contributed by atoms with E-state index in [-0.39, 0.29) is 4.90 Å². The fourth-order valence-electron chi connectivity index (χ4n) is 2.77. The summed E-state index contributed by atoms with van der Waals surface area (Å²) in [6.45, 7) is 2.76. The number of rotatable bonds is 10. The maximum absolute atomic E-state index is 13.1. The highest BCUT2D eigenvalue weighted by Gasteiger charge is 2.16. The topological polar surface area (TPSA) is 88.4 Å². The van der Waals surface area contributed by atoms with Crippen molar-refractivity contribution in [3.63, 3.8) is 0 Å². The number of aryl methyl sites for hydroxylation is 1. The summed E-state index contributed by atoms with van der Waals surface area (Å²) in [4.78, 5) is 5.16. The molecule has 0 saturated heterocycles. The number of nitrogens with one attached hydrogen (secondary N) is 2. The number of fused-ring (bicyclic) bond motifs is 1. The third-order valence-corrected chi connectivity index (χ3v) is 6.50. The maximum Gasteiger partial charge on any atom is 0.240 e. The molecule has 0 fully saturated rings. The van der Waals surface area contributed by atoms with Gasteiger partial charge in [0, 0.05) is 37.0 Å². The Morgan fingerprint density at radius 2 is 1.96 bits per heavy atom. The van der Waals surface area contributed by atoms with Crippen LogP contribution in [0.4, 0.5) is 10.3 Å². The zero-order valence-corrected chi connectivity index (χ0v) is 16.6. The van der Waals surface area contributed by atoms with Crippen molar-refractivity contribution in [3.05, 3.63) is 42.0 Å². The average Bonchev–Trinajstić information content (AvgIpc) is 3.21. The molecule has 0 atom stereocenters. The summed E-state index contributed by atoms with van der Waals surface area (Å²) >= 11 is 1.35. The zero-order chi connectivity index (χ0) is 19.3. The molecule has 3 aromatic rings. The molecule has 10 heteroatoms. The molecule has 0 aliphatic heterocycles. The first kappa shape index (κ1) is 19.7. The predicted molar refractivity (Wildman–Crippen MR) is 104 cm³/mol. The Morgan fingerprint density at radius 1 is 1.19 bits per heavy atom. The van der Waals surface area contributed by atoms with E-state index in [0.717, 1.165) is 49.2 Å². The van der Waals surface area contributed by atoms with Crippen LogP contribution in [0.25, 0.3) is 4.96 Å². The molecule has 27 heavy (non-hydrogen) atoms. The molecule has 0 spiro atoms. The first-order chi connectivity index (χ1) is 13.0.